The first kappa shape index (κ1) is 21.7. The third-order valence-corrected chi connectivity index (χ3v) is 8.29. The highest BCUT2D eigenvalue weighted by Gasteiger charge is 2.26. The average molecular weight is 461 g/mol. The molecule has 3 heterocycles. The molecule has 2 aromatic heterocycles. The summed E-state index contributed by atoms with van der Waals surface area (Å²) in [6.07, 6.45) is 3.57. The lowest BCUT2D eigenvalue weighted by molar-refractivity contribution is 0.0910. The highest BCUT2D eigenvalue weighted by Crippen LogP contribution is 2.23. The van der Waals surface area contributed by atoms with Crippen molar-refractivity contribution >= 4 is 27.3 Å². The van der Waals surface area contributed by atoms with Gasteiger partial charge in [-0.2, -0.15) is 9.29 Å². The topological polar surface area (TPSA) is 105 Å². The zero-order valence-corrected chi connectivity index (χ0v) is 18.8. The van der Waals surface area contributed by atoms with Gasteiger partial charge in [-0.05, 0) is 67.5 Å². The number of aromatic nitrogens is 2. The van der Waals surface area contributed by atoms with Gasteiger partial charge >= 0.3 is 11.8 Å². The zero-order chi connectivity index (χ0) is 21.8. The lowest BCUT2D eigenvalue weighted by Crippen LogP contribution is -2.35. The molecule has 8 nitrogen and oxygen atoms in total. The van der Waals surface area contributed by atoms with Crippen LogP contribution in [0.3, 0.4) is 0 Å². The molecule has 0 saturated carbocycles. The first-order valence-electron chi connectivity index (χ1n) is 10.2. The lowest BCUT2D eigenvalue weighted by atomic mass is 10.2. The third kappa shape index (κ3) is 4.86. The Bertz CT molecular complexity index is 1150. The molecule has 1 amide bonds. The van der Waals surface area contributed by atoms with Gasteiger partial charge in [0.15, 0.2) is 0 Å². The van der Waals surface area contributed by atoms with Crippen molar-refractivity contribution in [3.05, 3.63) is 52.0 Å². The molecule has 0 atom stereocenters. The predicted octanol–water partition coefficient (Wildman–Crippen LogP) is 3.25. The van der Waals surface area contributed by atoms with E-state index in [1.807, 2.05) is 12.3 Å². The summed E-state index contributed by atoms with van der Waals surface area (Å²) >= 11 is 1.66. The van der Waals surface area contributed by atoms with Crippen LogP contribution in [0.15, 0.2) is 45.1 Å². The monoisotopic (exact) mass is 460 g/mol. The molecule has 1 aliphatic rings. The number of nitrogens with zero attached hydrogens (tertiary/aromatic N) is 3. The smallest absolute Gasteiger partial charge is 0.316 e. The number of amides is 1. The molecule has 0 unspecified atom stereocenters. The fourth-order valence-electron chi connectivity index (χ4n) is 3.49. The molecule has 0 spiro atoms. The maximum Gasteiger partial charge on any atom is 0.316 e. The molecule has 1 fully saturated rings. The number of sulfonamides is 1. The molecule has 10 heteroatoms. The van der Waals surface area contributed by atoms with Gasteiger partial charge in [0.25, 0.3) is 0 Å². The fraction of sp³-hybridized carbons (Fsp3) is 0.381. The Labute approximate surface area is 185 Å². The minimum atomic E-state index is -3.50. The molecule has 4 rings (SSSR count). The van der Waals surface area contributed by atoms with Crippen LogP contribution in [0, 0.1) is 6.92 Å². The van der Waals surface area contributed by atoms with E-state index in [2.05, 4.69) is 21.5 Å². The number of carbonyl (C=O) groups is 1. The number of carbonyl (C=O) groups excluding carboxylic acids is 1. The number of nitrogens with one attached hydrogen (secondary N) is 1. The molecule has 1 aliphatic heterocycles. The molecule has 1 saturated heterocycles. The van der Waals surface area contributed by atoms with Gasteiger partial charge in [0, 0.05) is 30.1 Å². The molecule has 31 heavy (non-hydrogen) atoms. The summed E-state index contributed by atoms with van der Waals surface area (Å²) in [4.78, 5) is 17.9. The molecular weight excluding hydrogens is 436 g/mol. The van der Waals surface area contributed by atoms with Crippen LogP contribution < -0.4 is 5.32 Å². The number of piperidine rings is 1. The second kappa shape index (κ2) is 9.29. The quantitative estimate of drug-likeness (QED) is 0.580. The van der Waals surface area contributed by atoms with Gasteiger partial charge in [-0.1, -0.05) is 11.6 Å². The Morgan fingerprint density at radius 3 is 2.58 bits per heavy atom. The molecule has 0 radical (unpaired) electrons. The van der Waals surface area contributed by atoms with E-state index in [0.29, 0.717) is 25.2 Å². The number of rotatable bonds is 7. The first-order chi connectivity index (χ1) is 14.9. The van der Waals surface area contributed by atoms with Crippen molar-refractivity contribution in [2.24, 2.45) is 0 Å². The Hall–Kier alpha value is -2.56. The number of hydrogen-bond donors (Lipinski definition) is 1. The van der Waals surface area contributed by atoms with Crippen LogP contribution in [0.4, 0.5) is 0 Å². The third-order valence-electron chi connectivity index (χ3n) is 5.29. The van der Waals surface area contributed by atoms with Crippen LogP contribution in [0.2, 0.25) is 0 Å². The summed E-state index contributed by atoms with van der Waals surface area (Å²) in [7, 11) is -3.50. The number of benzene rings is 1. The highest BCUT2D eigenvalue weighted by molar-refractivity contribution is 7.89. The van der Waals surface area contributed by atoms with Crippen LogP contribution in [0.1, 0.15) is 40.4 Å². The summed E-state index contributed by atoms with van der Waals surface area (Å²) in [5, 5.41) is 8.67. The summed E-state index contributed by atoms with van der Waals surface area (Å²) in [6.45, 7) is 3.63. The standard InChI is InChI=1S/C21H24N4O4S2/c1-15-10-14-30-18(15)9-11-22-20(26)21-23-19(24-29-21)16-5-7-17(8-6-16)31(27,28)25-12-3-2-4-13-25/h5-8,10,14H,2-4,9,11-13H2,1H3,(H,22,26). The first-order valence-corrected chi connectivity index (χ1v) is 12.5. The van der Waals surface area contributed by atoms with E-state index in [1.54, 1.807) is 35.6 Å². The van der Waals surface area contributed by atoms with Gasteiger partial charge in [-0.3, -0.25) is 4.79 Å². The Balaban J connectivity index is 1.39. The second-order valence-electron chi connectivity index (χ2n) is 7.44. The van der Waals surface area contributed by atoms with Crippen LogP contribution in [-0.2, 0) is 16.4 Å². The highest BCUT2D eigenvalue weighted by atomic mass is 32.2. The van der Waals surface area contributed by atoms with E-state index in [0.717, 1.165) is 25.7 Å². The zero-order valence-electron chi connectivity index (χ0n) is 17.2. The Morgan fingerprint density at radius 1 is 1.16 bits per heavy atom. The molecule has 1 aromatic carbocycles. The number of aryl methyl sites for hydroxylation is 1. The van der Waals surface area contributed by atoms with Crippen LogP contribution in [0.5, 0.6) is 0 Å². The number of thiophene rings is 1. The van der Waals surface area contributed by atoms with E-state index in [9.17, 15) is 13.2 Å². The summed E-state index contributed by atoms with van der Waals surface area (Å²) < 4.78 is 32.1. The minimum absolute atomic E-state index is 0.122. The molecule has 164 valence electrons. The SMILES string of the molecule is Cc1ccsc1CCNC(=O)c1nc(-c2ccc(S(=O)(=O)N3CCCCC3)cc2)no1. The van der Waals surface area contributed by atoms with Crippen molar-refractivity contribution in [1.29, 1.82) is 0 Å². The summed E-state index contributed by atoms with van der Waals surface area (Å²) in [5.41, 5.74) is 1.79. The maximum atomic E-state index is 12.8. The maximum absolute atomic E-state index is 12.8. The Kier molecular flexibility index (Phi) is 6.49. The largest absolute Gasteiger partial charge is 0.347 e. The van der Waals surface area contributed by atoms with Crippen molar-refractivity contribution in [3.8, 4) is 11.4 Å². The van der Waals surface area contributed by atoms with E-state index in [4.69, 9.17) is 4.52 Å². The van der Waals surface area contributed by atoms with Gasteiger partial charge in [-0.25, -0.2) is 8.42 Å². The Morgan fingerprint density at radius 2 is 1.90 bits per heavy atom. The van der Waals surface area contributed by atoms with E-state index < -0.39 is 15.9 Å². The molecule has 3 aromatic rings. The summed E-state index contributed by atoms with van der Waals surface area (Å²) in [6, 6.07) is 8.39. The minimum Gasteiger partial charge on any atom is -0.347 e. The van der Waals surface area contributed by atoms with Crippen molar-refractivity contribution in [2.45, 2.75) is 37.5 Å². The molecule has 0 aliphatic carbocycles. The van der Waals surface area contributed by atoms with Crippen molar-refractivity contribution in [2.75, 3.05) is 19.6 Å². The molecule has 0 bridgehead atoms. The van der Waals surface area contributed by atoms with Crippen LogP contribution in [0.25, 0.3) is 11.4 Å². The summed E-state index contributed by atoms with van der Waals surface area (Å²) in [5.74, 6) is -0.318. The van der Waals surface area contributed by atoms with Crippen molar-refractivity contribution < 1.29 is 17.7 Å². The average Bonchev–Trinajstić information content (AvgIpc) is 3.44. The van der Waals surface area contributed by atoms with Gasteiger partial charge in [0.2, 0.25) is 15.8 Å². The normalized spacial score (nSPS) is 15.1. The van der Waals surface area contributed by atoms with Crippen molar-refractivity contribution in [3.63, 3.8) is 0 Å². The number of hydrogen-bond acceptors (Lipinski definition) is 7. The van der Waals surface area contributed by atoms with Gasteiger partial charge < -0.3 is 9.84 Å². The van der Waals surface area contributed by atoms with Crippen LogP contribution >= 0.6 is 11.3 Å². The van der Waals surface area contributed by atoms with Gasteiger partial charge in [0.1, 0.15) is 0 Å². The lowest BCUT2D eigenvalue weighted by Gasteiger charge is -2.25. The van der Waals surface area contributed by atoms with E-state index >= 15 is 0 Å². The van der Waals surface area contributed by atoms with Gasteiger partial charge in [-0.15, -0.1) is 11.3 Å². The fourth-order valence-corrected chi connectivity index (χ4v) is 5.92. The second-order valence-corrected chi connectivity index (χ2v) is 10.4. The predicted molar refractivity (Wildman–Crippen MR) is 117 cm³/mol. The van der Waals surface area contributed by atoms with Gasteiger partial charge in [0.05, 0.1) is 4.90 Å². The van der Waals surface area contributed by atoms with E-state index in [-0.39, 0.29) is 16.6 Å². The molecule has 1 N–H and O–H groups in total. The van der Waals surface area contributed by atoms with Crippen LogP contribution in [-0.4, -0.2) is 48.4 Å². The van der Waals surface area contributed by atoms with E-state index in [1.165, 1.54) is 14.7 Å². The molecular formula is C21H24N4O4S2. The van der Waals surface area contributed by atoms with Crippen molar-refractivity contribution in [1.82, 2.24) is 19.8 Å².